The fraction of sp³-hybridized carbons (Fsp3) is 1.00. The number of aliphatic hydroxyl groups excluding tert-OH is 2. The van der Waals surface area contributed by atoms with Crippen LogP contribution in [0.1, 0.15) is 40.5 Å². The van der Waals surface area contributed by atoms with Crippen LogP contribution < -0.4 is 0 Å². The SMILES string of the molecule is CCC1C[C@@H](O)[C@H](O)C(OC(C)(C)C)O1. The van der Waals surface area contributed by atoms with Crippen LogP contribution in [0.15, 0.2) is 0 Å². The van der Waals surface area contributed by atoms with Gasteiger partial charge in [-0.15, -0.1) is 0 Å². The molecule has 0 aliphatic carbocycles. The molecule has 0 radical (unpaired) electrons. The minimum absolute atomic E-state index is 0.0317. The van der Waals surface area contributed by atoms with E-state index < -0.39 is 18.5 Å². The zero-order valence-electron chi connectivity index (χ0n) is 9.93. The maximum absolute atomic E-state index is 9.71. The molecule has 0 aromatic carbocycles. The van der Waals surface area contributed by atoms with Gasteiger partial charge in [0.1, 0.15) is 6.10 Å². The standard InChI is InChI=1S/C11H22O4/c1-5-7-6-8(12)9(13)10(14-7)15-11(2,3)4/h7-10,12-13H,5-6H2,1-4H3/t7?,8-,9+,10?/m1/s1. The molecule has 0 aromatic heterocycles. The first kappa shape index (κ1) is 12.9. The van der Waals surface area contributed by atoms with Crippen molar-refractivity contribution in [2.45, 2.75) is 70.7 Å². The molecule has 1 heterocycles. The van der Waals surface area contributed by atoms with E-state index in [9.17, 15) is 10.2 Å². The molecule has 0 bridgehead atoms. The Hall–Kier alpha value is -0.160. The van der Waals surface area contributed by atoms with Crippen molar-refractivity contribution in [1.29, 1.82) is 0 Å². The zero-order chi connectivity index (χ0) is 11.6. The highest BCUT2D eigenvalue weighted by molar-refractivity contribution is 4.82. The molecule has 1 aliphatic rings. The lowest BCUT2D eigenvalue weighted by molar-refractivity contribution is -0.293. The summed E-state index contributed by atoms with van der Waals surface area (Å²) in [6, 6.07) is 0. The Bertz CT molecular complexity index is 199. The van der Waals surface area contributed by atoms with Crippen LogP contribution in [-0.2, 0) is 9.47 Å². The maximum Gasteiger partial charge on any atom is 0.186 e. The molecule has 1 rings (SSSR count). The Balaban J connectivity index is 2.60. The van der Waals surface area contributed by atoms with Gasteiger partial charge < -0.3 is 19.7 Å². The summed E-state index contributed by atoms with van der Waals surface area (Å²) in [5, 5.41) is 19.4. The van der Waals surface area contributed by atoms with Gasteiger partial charge in [-0.25, -0.2) is 0 Å². The van der Waals surface area contributed by atoms with Crippen LogP contribution in [0, 0.1) is 0 Å². The predicted molar refractivity (Wildman–Crippen MR) is 56.4 cm³/mol. The summed E-state index contributed by atoms with van der Waals surface area (Å²) in [5.41, 5.74) is -0.388. The van der Waals surface area contributed by atoms with Crippen LogP contribution in [0.2, 0.25) is 0 Å². The van der Waals surface area contributed by atoms with Crippen LogP contribution in [0.5, 0.6) is 0 Å². The number of rotatable bonds is 2. The lowest BCUT2D eigenvalue weighted by Gasteiger charge is -2.39. The van der Waals surface area contributed by atoms with Gasteiger partial charge in [0.05, 0.1) is 17.8 Å². The van der Waals surface area contributed by atoms with E-state index in [-0.39, 0.29) is 11.7 Å². The second-order valence-corrected chi connectivity index (χ2v) is 5.06. The molecule has 4 nitrogen and oxygen atoms in total. The smallest absolute Gasteiger partial charge is 0.186 e. The quantitative estimate of drug-likeness (QED) is 0.727. The first-order valence-electron chi connectivity index (χ1n) is 5.53. The van der Waals surface area contributed by atoms with Crippen molar-refractivity contribution in [3.8, 4) is 0 Å². The summed E-state index contributed by atoms with van der Waals surface area (Å²) >= 11 is 0. The van der Waals surface area contributed by atoms with Gasteiger partial charge in [-0.1, -0.05) is 6.92 Å². The monoisotopic (exact) mass is 218 g/mol. The summed E-state index contributed by atoms with van der Waals surface area (Å²) in [6.45, 7) is 7.67. The third kappa shape index (κ3) is 3.72. The van der Waals surface area contributed by atoms with Crippen LogP contribution >= 0.6 is 0 Å². The average molecular weight is 218 g/mol. The second-order valence-electron chi connectivity index (χ2n) is 5.06. The summed E-state index contributed by atoms with van der Waals surface area (Å²) in [4.78, 5) is 0. The second kappa shape index (κ2) is 4.78. The molecule has 0 aromatic rings. The Kier molecular flexibility index (Phi) is 4.12. The highest BCUT2D eigenvalue weighted by atomic mass is 16.7. The molecule has 0 amide bonds. The van der Waals surface area contributed by atoms with E-state index in [0.717, 1.165) is 6.42 Å². The van der Waals surface area contributed by atoms with Crippen molar-refractivity contribution in [3.05, 3.63) is 0 Å². The summed E-state index contributed by atoms with van der Waals surface area (Å²) in [6.07, 6.45) is -1.17. The van der Waals surface area contributed by atoms with Gasteiger partial charge >= 0.3 is 0 Å². The molecule has 2 unspecified atom stereocenters. The van der Waals surface area contributed by atoms with Gasteiger partial charge in [-0.05, 0) is 27.2 Å². The summed E-state index contributed by atoms with van der Waals surface area (Å²) in [7, 11) is 0. The number of ether oxygens (including phenoxy) is 2. The first-order chi connectivity index (χ1) is 6.83. The van der Waals surface area contributed by atoms with Crippen molar-refractivity contribution >= 4 is 0 Å². The fourth-order valence-corrected chi connectivity index (χ4v) is 1.62. The van der Waals surface area contributed by atoms with Crippen LogP contribution in [0.25, 0.3) is 0 Å². The molecular formula is C11H22O4. The summed E-state index contributed by atoms with van der Waals surface area (Å²) < 4.78 is 11.1. The van der Waals surface area contributed by atoms with E-state index in [0.29, 0.717) is 6.42 Å². The van der Waals surface area contributed by atoms with E-state index in [4.69, 9.17) is 9.47 Å². The van der Waals surface area contributed by atoms with Gasteiger partial charge in [0.2, 0.25) is 0 Å². The Morgan fingerprint density at radius 1 is 1.33 bits per heavy atom. The molecule has 4 heteroatoms. The highest BCUT2D eigenvalue weighted by Gasteiger charge is 2.38. The van der Waals surface area contributed by atoms with Crippen molar-refractivity contribution in [1.82, 2.24) is 0 Å². The number of hydrogen-bond donors (Lipinski definition) is 2. The highest BCUT2D eigenvalue weighted by Crippen LogP contribution is 2.26. The molecule has 90 valence electrons. The Labute approximate surface area is 91.2 Å². The van der Waals surface area contributed by atoms with Crippen LogP contribution in [-0.4, -0.2) is 40.4 Å². The van der Waals surface area contributed by atoms with E-state index in [1.807, 2.05) is 27.7 Å². The average Bonchev–Trinajstić information content (AvgIpc) is 2.10. The molecular weight excluding hydrogens is 196 g/mol. The molecule has 1 saturated heterocycles. The van der Waals surface area contributed by atoms with E-state index >= 15 is 0 Å². The minimum atomic E-state index is -0.952. The first-order valence-corrected chi connectivity index (χ1v) is 5.53. The molecule has 0 spiro atoms. The molecule has 1 fully saturated rings. The third-order valence-corrected chi connectivity index (χ3v) is 2.43. The van der Waals surface area contributed by atoms with Gasteiger partial charge in [0.25, 0.3) is 0 Å². The molecule has 1 aliphatic heterocycles. The van der Waals surface area contributed by atoms with E-state index in [1.54, 1.807) is 0 Å². The van der Waals surface area contributed by atoms with Gasteiger partial charge in [-0.3, -0.25) is 0 Å². The largest absolute Gasteiger partial charge is 0.390 e. The third-order valence-electron chi connectivity index (χ3n) is 2.43. The van der Waals surface area contributed by atoms with Crippen LogP contribution in [0.3, 0.4) is 0 Å². The van der Waals surface area contributed by atoms with Gasteiger partial charge in [-0.2, -0.15) is 0 Å². The van der Waals surface area contributed by atoms with Crippen molar-refractivity contribution in [3.63, 3.8) is 0 Å². The zero-order valence-corrected chi connectivity index (χ0v) is 9.93. The molecule has 2 N–H and O–H groups in total. The summed E-state index contributed by atoms with van der Waals surface area (Å²) in [5.74, 6) is 0. The Morgan fingerprint density at radius 2 is 1.93 bits per heavy atom. The molecule has 0 saturated carbocycles. The predicted octanol–water partition coefficient (Wildman–Crippen LogP) is 1.05. The number of aliphatic hydroxyl groups is 2. The number of hydrogen-bond acceptors (Lipinski definition) is 4. The molecule has 15 heavy (non-hydrogen) atoms. The van der Waals surface area contributed by atoms with Crippen LogP contribution in [0.4, 0.5) is 0 Å². The van der Waals surface area contributed by atoms with E-state index in [1.165, 1.54) is 0 Å². The fourth-order valence-electron chi connectivity index (χ4n) is 1.62. The van der Waals surface area contributed by atoms with Gasteiger partial charge in [0, 0.05) is 6.42 Å². The lowest BCUT2D eigenvalue weighted by atomic mass is 10.0. The van der Waals surface area contributed by atoms with E-state index in [2.05, 4.69) is 0 Å². The lowest BCUT2D eigenvalue weighted by Crippen LogP contribution is -2.51. The van der Waals surface area contributed by atoms with Crippen molar-refractivity contribution in [2.75, 3.05) is 0 Å². The maximum atomic E-state index is 9.71. The normalized spacial score (nSPS) is 38.0. The van der Waals surface area contributed by atoms with Gasteiger partial charge in [0.15, 0.2) is 6.29 Å². The van der Waals surface area contributed by atoms with Crippen molar-refractivity contribution < 1.29 is 19.7 Å². The topological polar surface area (TPSA) is 58.9 Å². The Morgan fingerprint density at radius 3 is 2.40 bits per heavy atom. The minimum Gasteiger partial charge on any atom is -0.390 e. The van der Waals surface area contributed by atoms with Crippen molar-refractivity contribution in [2.24, 2.45) is 0 Å². The molecule has 4 atom stereocenters.